The maximum absolute atomic E-state index is 11.1. The minimum absolute atomic E-state index is 0.178. The first-order valence-corrected chi connectivity index (χ1v) is 6.47. The molecule has 0 aromatic rings. The third-order valence-electron chi connectivity index (χ3n) is 4.94. The van der Waals surface area contributed by atoms with Crippen molar-refractivity contribution in [3.8, 4) is 0 Å². The molecule has 2 aliphatic rings. The van der Waals surface area contributed by atoms with Gasteiger partial charge >= 0.3 is 5.97 Å². The number of carbonyl (C=O) groups excluding carboxylic acids is 1. The number of ether oxygens (including phenoxy) is 1. The number of rotatable bonds is 3. The molecule has 0 spiro atoms. The summed E-state index contributed by atoms with van der Waals surface area (Å²) in [6.45, 7) is 2.34. The second kappa shape index (κ2) is 4.53. The van der Waals surface area contributed by atoms with Crippen molar-refractivity contribution in [2.24, 2.45) is 11.3 Å². The van der Waals surface area contributed by atoms with Crippen LogP contribution in [-0.2, 0) is 14.3 Å². The van der Waals surface area contributed by atoms with E-state index in [4.69, 9.17) is 9.84 Å². The van der Waals surface area contributed by atoms with E-state index in [2.05, 4.69) is 0 Å². The molecule has 5 heteroatoms. The van der Waals surface area contributed by atoms with Gasteiger partial charge in [0, 0.05) is 5.41 Å². The van der Waals surface area contributed by atoms with Gasteiger partial charge in [0.1, 0.15) is 11.7 Å². The predicted molar refractivity (Wildman–Crippen MR) is 62.8 cm³/mol. The third-order valence-corrected chi connectivity index (χ3v) is 4.94. The van der Waals surface area contributed by atoms with Gasteiger partial charge in [-0.1, -0.05) is 6.92 Å². The Morgan fingerprint density at radius 3 is 2.72 bits per heavy atom. The van der Waals surface area contributed by atoms with E-state index in [0.29, 0.717) is 25.7 Å². The van der Waals surface area contributed by atoms with Gasteiger partial charge in [-0.2, -0.15) is 0 Å². The van der Waals surface area contributed by atoms with Crippen LogP contribution < -0.4 is 0 Å². The zero-order chi connectivity index (χ0) is 13.4. The molecule has 0 saturated heterocycles. The van der Waals surface area contributed by atoms with Crippen LogP contribution in [0, 0.1) is 11.3 Å². The molecule has 0 radical (unpaired) electrons. The minimum Gasteiger partial charge on any atom is -0.481 e. The van der Waals surface area contributed by atoms with Crippen LogP contribution in [0.1, 0.15) is 45.4 Å². The first-order valence-electron chi connectivity index (χ1n) is 6.47. The Hall–Kier alpha value is -1.10. The van der Waals surface area contributed by atoms with Gasteiger partial charge in [0.05, 0.1) is 5.92 Å². The van der Waals surface area contributed by atoms with Gasteiger partial charge in [-0.25, -0.2) is 0 Å². The second-order valence-electron chi connectivity index (χ2n) is 5.88. The highest BCUT2D eigenvalue weighted by Gasteiger charge is 2.58. The topological polar surface area (TPSA) is 83.8 Å². The highest BCUT2D eigenvalue weighted by atomic mass is 16.5. The molecule has 2 N–H and O–H groups in total. The first-order chi connectivity index (χ1) is 8.43. The van der Waals surface area contributed by atoms with Crippen molar-refractivity contribution in [3.63, 3.8) is 0 Å². The Labute approximate surface area is 106 Å². The van der Waals surface area contributed by atoms with E-state index >= 15 is 0 Å². The lowest BCUT2D eigenvalue weighted by Gasteiger charge is -2.55. The van der Waals surface area contributed by atoms with Crippen LogP contribution in [0.5, 0.6) is 0 Å². The molecule has 0 amide bonds. The summed E-state index contributed by atoms with van der Waals surface area (Å²) in [4.78, 5) is 21.7. The molecule has 0 bridgehead atoms. The van der Waals surface area contributed by atoms with E-state index in [1.807, 2.05) is 6.92 Å². The van der Waals surface area contributed by atoms with E-state index in [0.717, 1.165) is 12.8 Å². The number of hydrogen-bond donors (Lipinski definition) is 2. The number of carbonyl (C=O) groups is 2. The molecule has 2 saturated carbocycles. The van der Waals surface area contributed by atoms with Crippen molar-refractivity contribution in [1.29, 1.82) is 0 Å². The summed E-state index contributed by atoms with van der Waals surface area (Å²) in [5.41, 5.74) is -1.54. The number of fused-ring (bicyclic) bond motifs is 1. The van der Waals surface area contributed by atoms with Gasteiger partial charge in [0.15, 0.2) is 0 Å². The van der Waals surface area contributed by atoms with E-state index in [1.165, 1.54) is 0 Å². The van der Waals surface area contributed by atoms with Gasteiger partial charge in [0.25, 0.3) is 6.47 Å². The van der Waals surface area contributed by atoms with Crippen LogP contribution in [0.3, 0.4) is 0 Å². The highest BCUT2D eigenvalue weighted by molar-refractivity contribution is 5.70. The van der Waals surface area contributed by atoms with Crippen molar-refractivity contribution in [2.75, 3.05) is 0 Å². The number of hydrogen-bond acceptors (Lipinski definition) is 4. The summed E-state index contributed by atoms with van der Waals surface area (Å²) in [6, 6.07) is 0. The summed E-state index contributed by atoms with van der Waals surface area (Å²) >= 11 is 0. The Kier molecular flexibility index (Phi) is 3.36. The van der Waals surface area contributed by atoms with E-state index in [9.17, 15) is 14.7 Å². The summed E-state index contributed by atoms with van der Waals surface area (Å²) < 4.78 is 5.03. The quantitative estimate of drug-likeness (QED) is 0.744. The van der Waals surface area contributed by atoms with Crippen molar-refractivity contribution in [3.05, 3.63) is 0 Å². The minimum atomic E-state index is -1.20. The lowest BCUT2D eigenvalue weighted by atomic mass is 9.54. The molecule has 0 aromatic carbocycles. The van der Waals surface area contributed by atoms with Crippen LogP contribution in [0.2, 0.25) is 0 Å². The fourth-order valence-corrected chi connectivity index (χ4v) is 3.67. The lowest BCUT2D eigenvalue weighted by molar-refractivity contribution is -0.217. The van der Waals surface area contributed by atoms with Crippen molar-refractivity contribution in [2.45, 2.75) is 57.2 Å². The molecule has 0 heterocycles. The summed E-state index contributed by atoms with van der Waals surface area (Å²) in [5.74, 6) is -1.42. The average Bonchev–Trinajstić information content (AvgIpc) is 2.31. The van der Waals surface area contributed by atoms with Crippen LogP contribution in [0.15, 0.2) is 0 Å². The monoisotopic (exact) mass is 256 g/mol. The highest BCUT2D eigenvalue weighted by Crippen LogP contribution is 2.55. The van der Waals surface area contributed by atoms with E-state index < -0.39 is 23.6 Å². The molecule has 5 nitrogen and oxygen atoms in total. The maximum atomic E-state index is 11.1. The standard InChI is InChI=1S/C13H20O5/c1-12-5-2-3-10(18-8-14)13(12,17)7-9(4-6-12)11(15)16/h8-10,17H,2-7H2,1H3,(H,15,16)/t9-,10+,12-,13+/m1/s1. The van der Waals surface area contributed by atoms with Gasteiger partial charge in [-0.15, -0.1) is 0 Å². The zero-order valence-electron chi connectivity index (χ0n) is 10.6. The van der Waals surface area contributed by atoms with Gasteiger partial charge in [0.2, 0.25) is 0 Å². The molecule has 4 atom stereocenters. The molecule has 0 aliphatic heterocycles. The number of carboxylic acid groups (broad SMARTS) is 1. The molecule has 0 aromatic heterocycles. The number of aliphatic carboxylic acids is 1. The van der Waals surface area contributed by atoms with Crippen molar-refractivity contribution in [1.82, 2.24) is 0 Å². The predicted octanol–water partition coefficient (Wildman–Crippen LogP) is 1.33. The third kappa shape index (κ3) is 1.90. The molecule has 2 aliphatic carbocycles. The fourth-order valence-electron chi connectivity index (χ4n) is 3.67. The van der Waals surface area contributed by atoms with Crippen LogP contribution >= 0.6 is 0 Å². The SMILES string of the molecule is C[C@]12CCC[C@H](OC=O)[C@@]1(O)C[C@H](C(=O)O)CC2. The Balaban J connectivity index is 2.28. The smallest absolute Gasteiger partial charge is 0.306 e. The summed E-state index contributed by atoms with van der Waals surface area (Å²) in [6.07, 6.45) is 3.22. The average molecular weight is 256 g/mol. The lowest BCUT2D eigenvalue weighted by Crippen LogP contribution is -2.61. The molecule has 102 valence electrons. The Bertz CT molecular complexity index is 355. The summed E-state index contributed by atoms with van der Waals surface area (Å²) in [5, 5.41) is 20.0. The largest absolute Gasteiger partial charge is 0.481 e. The van der Waals surface area contributed by atoms with Crippen LogP contribution in [-0.4, -0.2) is 34.4 Å². The van der Waals surface area contributed by atoms with E-state index in [1.54, 1.807) is 0 Å². The van der Waals surface area contributed by atoms with Crippen LogP contribution in [0.4, 0.5) is 0 Å². The van der Waals surface area contributed by atoms with Gasteiger partial charge in [-0.3, -0.25) is 9.59 Å². The molecule has 18 heavy (non-hydrogen) atoms. The molecule has 2 rings (SSSR count). The second-order valence-corrected chi connectivity index (χ2v) is 5.88. The van der Waals surface area contributed by atoms with Crippen molar-refractivity contribution < 1.29 is 24.5 Å². The number of carboxylic acids is 1. The molecular weight excluding hydrogens is 236 g/mol. The Morgan fingerprint density at radius 1 is 1.39 bits per heavy atom. The molecular formula is C13H20O5. The van der Waals surface area contributed by atoms with Gasteiger partial charge < -0.3 is 14.9 Å². The fraction of sp³-hybridized carbons (Fsp3) is 0.846. The Morgan fingerprint density at radius 2 is 2.11 bits per heavy atom. The van der Waals surface area contributed by atoms with E-state index in [-0.39, 0.29) is 11.8 Å². The normalized spacial score (nSPS) is 43.9. The van der Waals surface area contributed by atoms with Gasteiger partial charge in [-0.05, 0) is 38.5 Å². The van der Waals surface area contributed by atoms with Crippen LogP contribution in [0.25, 0.3) is 0 Å². The summed E-state index contributed by atoms with van der Waals surface area (Å²) in [7, 11) is 0. The first kappa shape index (κ1) is 13.3. The zero-order valence-corrected chi connectivity index (χ0v) is 10.6. The number of aliphatic hydroxyl groups is 1. The maximum Gasteiger partial charge on any atom is 0.306 e. The molecule has 2 fully saturated rings. The molecule has 0 unspecified atom stereocenters. The van der Waals surface area contributed by atoms with Crippen molar-refractivity contribution >= 4 is 12.4 Å².